The second kappa shape index (κ2) is 4.39. The van der Waals surface area contributed by atoms with Gasteiger partial charge in [0.1, 0.15) is 5.82 Å². The zero-order valence-corrected chi connectivity index (χ0v) is 9.30. The smallest absolute Gasteiger partial charge is 0.222 e. The summed E-state index contributed by atoms with van der Waals surface area (Å²) in [6.45, 7) is 0. The minimum atomic E-state index is -0.368. The van der Waals surface area contributed by atoms with E-state index >= 15 is 0 Å². The van der Waals surface area contributed by atoms with Crippen molar-refractivity contribution in [3.05, 3.63) is 34.6 Å². The number of benzene rings is 1. The van der Waals surface area contributed by atoms with Crippen molar-refractivity contribution >= 4 is 17.5 Å². The quantitative estimate of drug-likeness (QED) is 0.789. The van der Waals surface area contributed by atoms with Crippen LogP contribution in [0.25, 0.3) is 0 Å². The number of nitrogens with two attached hydrogens (primary N) is 1. The van der Waals surface area contributed by atoms with Crippen molar-refractivity contribution in [2.45, 2.75) is 24.9 Å². The summed E-state index contributed by atoms with van der Waals surface area (Å²) in [6.07, 6.45) is 0.887. The molecule has 1 aliphatic heterocycles. The lowest BCUT2D eigenvalue weighted by molar-refractivity contribution is -0.123. The first kappa shape index (κ1) is 11.4. The number of hydrogen-bond acceptors (Lipinski definition) is 2. The fourth-order valence-electron chi connectivity index (χ4n) is 1.92. The van der Waals surface area contributed by atoms with Crippen LogP contribution in [-0.2, 0) is 4.79 Å². The normalized spacial score (nSPS) is 25.3. The van der Waals surface area contributed by atoms with E-state index in [9.17, 15) is 9.18 Å². The summed E-state index contributed by atoms with van der Waals surface area (Å²) >= 11 is 5.97. The molecule has 86 valence electrons. The van der Waals surface area contributed by atoms with Crippen LogP contribution in [0.5, 0.6) is 0 Å². The largest absolute Gasteiger partial charge is 0.349 e. The highest BCUT2D eigenvalue weighted by atomic mass is 35.5. The Bertz CT molecular complexity index is 424. The van der Waals surface area contributed by atoms with Gasteiger partial charge in [0.2, 0.25) is 5.91 Å². The lowest BCUT2D eigenvalue weighted by Gasteiger charge is -2.28. The van der Waals surface area contributed by atoms with Gasteiger partial charge in [-0.2, -0.15) is 0 Å². The van der Waals surface area contributed by atoms with Gasteiger partial charge in [0, 0.05) is 17.5 Å². The topological polar surface area (TPSA) is 55.1 Å². The molecule has 1 saturated heterocycles. The maximum Gasteiger partial charge on any atom is 0.222 e. The number of rotatable bonds is 1. The molecule has 0 bridgehead atoms. The van der Waals surface area contributed by atoms with Crippen molar-refractivity contribution < 1.29 is 9.18 Å². The van der Waals surface area contributed by atoms with Crippen molar-refractivity contribution in [2.75, 3.05) is 0 Å². The Morgan fingerprint density at radius 2 is 2.25 bits per heavy atom. The minimum absolute atomic E-state index is 0.121. The second-order valence-corrected chi connectivity index (χ2v) is 4.39. The van der Waals surface area contributed by atoms with Gasteiger partial charge in [-0.05, 0) is 30.2 Å². The molecule has 0 spiro atoms. The van der Waals surface area contributed by atoms with Gasteiger partial charge >= 0.3 is 0 Å². The molecule has 0 aromatic heterocycles. The average Bonchev–Trinajstić information content (AvgIpc) is 2.20. The Labute approximate surface area is 97.8 Å². The molecule has 2 unspecified atom stereocenters. The van der Waals surface area contributed by atoms with E-state index in [2.05, 4.69) is 5.32 Å². The van der Waals surface area contributed by atoms with Crippen molar-refractivity contribution in [1.29, 1.82) is 0 Å². The molecule has 1 aromatic rings. The predicted octanol–water partition coefficient (Wildman–Crippen LogP) is 1.76. The monoisotopic (exact) mass is 242 g/mol. The van der Waals surface area contributed by atoms with E-state index in [1.807, 2.05) is 0 Å². The highest BCUT2D eigenvalue weighted by Crippen LogP contribution is 2.29. The van der Waals surface area contributed by atoms with Gasteiger partial charge in [0.05, 0.1) is 6.04 Å². The Kier molecular flexibility index (Phi) is 3.12. The SMILES string of the molecule is NC1CC(=O)NC(c2cc(F)ccc2Cl)C1. The molecule has 5 heteroatoms. The van der Waals surface area contributed by atoms with E-state index in [0.29, 0.717) is 23.4 Å². The van der Waals surface area contributed by atoms with Gasteiger partial charge in [-0.3, -0.25) is 4.79 Å². The predicted molar refractivity (Wildman–Crippen MR) is 59.5 cm³/mol. The Hall–Kier alpha value is -1.13. The summed E-state index contributed by atoms with van der Waals surface area (Å²) in [7, 11) is 0. The van der Waals surface area contributed by atoms with Crippen LogP contribution in [0.4, 0.5) is 4.39 Å². The molecule has 2 rings (SSSR count). The second-order valence-electron chi connectivity index (χ2n) is 3.99. The first-order valence-corrected chi connectivity index (χ1v) is 5.44. The molecule has 1 aliphatic rings. The van der Waals surface area contributed by atoms with Crippen molar-refractivity contribution in [1.82, 2.24) is 5.32 Å². The van der Waals surface area contributed by atoms with E-state index < -0.39 is 0 Å². The molecule has 3 N–H and O–H groups in total. The average molecular weight is 243 g/mol. The van der Waals surface area contributed by atoms with E-state index in [1.54, 1.807) is 0 Å². The van der Waals surface area contributed by atoms with Crippen LogP contribution >= 0.6 is 11.6 Å². The maximum atomic E-state index is 13.1. The van der Waals surface area contributed by atoms with Gasteiger partial charge in [-0.25, -0.2) is 4.39 Å². The molecule has 1 fully saturated rings. The molecule has 1 aromatic carbocycles. The van der Waals surface area contributed by atoms with Crippen molar-refractivity contribution in [3.63, 3.8) is 0 Å². The van der Waals surface area contributed by atoms with E-state index in [0.717, 1.165) is 0 Å². The molecule has 0 saturated carbocycles. The summed E-state index contributed by atoms with van der Waals surface area (Å²) in [5, 5.41) is 3.21. The van der Waals surface area contributed by atoms with Crippen LogP contribution in [0.3, 0.4) is 0 Å². The van der Waals surface area contributed by atoms with Crippen LogP contribution in [0.15, 0.2) is 18.2 Å². The number of hydrogen-bond donors (Lipinski definition) is 2. The molecule has 0 aliphatic carbocycles. The zero-order valence-electron chi connectivity index (χ0n) is 8.54. The molecule has 1 heterocycles. The third-order valence-electron chi connectivity index (χ3n) is 2.65. The van der Waals surface area contributed by atoms with Gasteiger partial charge in [0.15, 0.2) is 0 Å². The molecule has 1 amide bonds. The van der Waals surface area contributed by atoms with E-state index in [-0.39, 0.29) is 23.8 Å². The third-order valence-corrected chi connectivity index (χ3v) is 3.00. The summed E-state index contributed by atoms with van der Waals surface area (Å²) < 4.78 is 13.1. The maximum absolute atomic E-state index is 13.1. The molecule has 16 heavy (non-hydrogen) atoms. The molecule has 2 atom stereocenters. The number of amides is 1. The van der Waals surface area contributed by atoms with Crippen molar-refractivity contribution in [2.24, 2.45) is 5.73 Å². The molecule has 3 nitrogen and oxygen atoms in total. The highest BCUT2D eigenvalue weighted by molar-refractivity contribution is 6.31. The van der Waals surface area contributed by atoms with Gasteiger partial charge in [-0.15, -0.1) is 0 Å². The lowest BCUT2D eigenvalue weighted by Crippen LogP contribution is -2.42. The Morgan fingerprint density at radius 1 is 1.50 bits per heavy atom. The number of halogens is 2. The fraction of sp³-hybridized carbons (Fsp3) is 0.364. The standard InChI is InChI=1S/C11H12ClFN2O/c12-9-2-1-6(13)3-8(9)10-4-7(14)5-11(16)15-10/h1-3,7,10H,4-5,14H2,(H,15,16). The first-order chi connectivity index (χ1) is 7.56. The van der Waals surface area contributed by atoms with E-state index in [1.165, 1.54) is 18.2 Å². The van der Waals surface area contributed by atoms with Crippen LogP contribution in [-0.4, -0.2) is 11.9 Å². The summed E-state index contributed by atoms with van der Waals surface area (Å²) in [4.78, 5) is 11.3. The Balaban J connectivity index is 2.29. The van der Waals surface area contributed by atoms with Crippen LogP contribution in [0, 0.1) is 5.82 Å². The lowest BCUT2D eigenvalue weighted by atomic mass is 9.94. The Morgan fingerprint density at radius 3 is 2.94 bits per heavy atom. The first-order valence-electron chi connectivity index (χ1n) is 5.06. The van der Waals surface area contributed by atoms with Crippen LogP contribution < -0.4 is 11.1 Å². The minimum Gasteiger partial charge on any atom is -0.349 e. The molecular formula is C11H12ClFN2O. The van der Waals surface area contributed by atoms with Crippen LogP contribution in [0.1, 0.15) is 24.4 Å². The van der Waals surface area contributed by atoms with Gasteiger partial charge in [-0.1, -0.05) is 11.6 Å². The molecule has 0 radical (unpaired) electrons. The fourth-order valence-corrected chi connectivity index (χ4v) is 2.17. The van der Waals surface area contributed by atoms with Crippen molar-refractivity contribution in [3.8, 4) is 0 Å². The molecular weight excluding hydrogens is 231 g/mol. The van der Waals surface area contributed by atoms with E-state index in [4.69, 9.17) is 17.3 Å². The van der Waals surface area contributed by atoms with Crippen LogP contribution in [0.2, 0.25) is 5.02 Å². The zero-order chi connectivity index (χ0) is 11.7. The highest BCUT2D eigenvalue weighted by Gasteiger charge is 2.26. The number of carbonyl (C=O) groups excluding carboxylic acids is 1. The van der Waals surface area contributed by atoms with Gasteiger partial charge in [0.25, 0.3) is 0 Å². The van der Waals surface area contributed by atoms with Gasteiger partial charge < -0.3 is 11.1 Å². The number of carbonyl (C=O) groups is 1. The summed E-state index contributed by atoms with van der Waals surface area (Å²) in [5.41, 5.74) is 6.33. The number of piperidine rings is 1. The summed E-state index contributed by atoms with van der Waals surface area (Å²) in [6, 6.07) is 3.62. The summed E-state index contributed by atoms with van der Waals surface area (Å²) in [5.74, 6) is -0.489. The third kappa shape index (κ3) is 2.33. The number of nitrogens with one attached hydrogen (secondary N) is 1.